The van der Waals surface area contributed by atoms with E-state index in [2.05, 4.69) is 10.4 Å². The lowest BCUT2D eigenvalue weighted by atomic mass is 10.1. The van der Waals surface area contributed by atoms with Gasteiger partial charge in [0.2, 0.25) is 10.0 Å². The number of piperazine rings is 1. The van der Waals surface area contributed by atoms with Gasteiger partial charge in [-0.15, -0.1) is 0 Å². The van der Waals surface area contributed by atoms with E-state index in [1.807, 2.05) is 0 Å². The van der Waals surface area contributed by atoms with E-state index >= 15 is 0 Å². The molecule has 0 aliphatic carbocycles. The summed E-state index contributed by atoms with van der Waals surface area (Å²) in [6.07, 6.45) is 3.43. The van der Waals surface area contributed by atoms with Gasteiger partial charge >= 0.3 is 0 Å². The van der Waals surface area contributed by atoms with E-state index in [9.17, 15) is 12.8 Å². The van der Waals surface area contributed by atoms with Crippen LogP contribution in [0.2, 0.25) is 0 Å². The van der Waals surface area contributed by atoms with Crippen LogP contribution in [-0.2, 0) is 17.1 Å². The van der Waals surface area contributed by atoms with E-state index in [1.165, 1.54) is 16.4 Å². The second-order valence-corrected chi connectivity index (χ2v) is 7.58. The Balaban J connectivity index is 2.04. The van der Waals surface area contributed by atoms with Crippen LogP contribution < -0.4 is 5.32 Å². The molecule has 1 saturated heterocycles. The van der Waals surface area contributed by atoms with Crippen LogP contribution in [0, 0.1) is 12.7 Å². The molecular weight excluding hydrogens is 319 g/mol. The largest absolute Gasteiger partial charge is 0.313 e. The van der Waals surface area contributed by atoms with E-state index < -0.39 is 21.9 Å². The SMILES string of the molecule is Cc1ccc(F)c(S(=O)(=O)N2CCNCC2c2cnn(C)c2)c1. The van der Waals surface area contributed by atoms with Crippen molar-refractivity contribution >= 4 is 10.0 Å². The molecule has 1 aliphatic rings. The van der Waals surface area contributed by atoms with E-state index in [1.54, 1.807) is 37.1 Å². The Bertz CT molecular complexity index is 819. The van der Waals surface area contributed by atoms with Crippen LogP contribution in [0.25, 0.3) is 0 Å². The van der Waals surface area contributed by atoms with Gasteiger partial charge in [0.1, 0.15) is 10.7 Å². The number of nitrogens with zero attached hydrogens (tertiary/aromatic N) is 3. The summed E-state index contributed by atoms with van der Waals surface area (Å²) in [7, 11) is -2.15. The average Bonchev–Trinajstić information content (AvgIpc) is 2.96. The molecule has 0 saturated carbocycles. The topological polar surface area (TPSA) is 67.2 Å². The van der Waals surface area contributed by atoms with Crippen molar-refractivity contribution in [2.24, 2.45) is 7.05 Å². The Labute approximate surface area is 135 Å². The Morgan fingerprint density at radius 3 is 2.87 bits per heavy atom. The Morgan fingerprint density at radius 1 is 1.39 bits per heavy atom. The summed E-state index contributed by atoms with van der Waals surface area (Å²) >= 11 is 0. The monoisotopic (exact) mass is 338 g/mol. The minimum absolute atomic E-state index is 0.270. The molecule has 1 unspecified atom stereocenters. The molecule has 8 heteroatoms. The Morgan fingerprint density at radius 2 is 2.17 bits per heavy atom. The van der Waals surface area contributed by atoms with Gasteiger partial charge in [0.15, 0.2) is 0 Å². The molecule has 1 aromatic carbocycles. The number of aryl methyl sites for hydroxylation is 2. The van der Waals surface area contributed by atoms with Gasteiger partial charge in [-0.2, -0.15) is 9.40 Å². The first-order chi connectivity index (χ1) is 10.9. The number of nitrogens with one attached hydrogen (secondary N) is 1. The minimum atomic E-state index is -3.92. The highest BCUT2D eigenvalue weighted by Crippen LogP contribution is 2.30. The van der Waals surface area contributed by atoms with Crippen molar-refractivity contribution in [2.45, 2.75) is 17.9 Å². The molecule has 0 radical (unpaired) electrons. The average molecular weight is 338 g/mol. The zero-order chi connectivity index (χ0) is 16.6. The van der Waals surface area contributed by atoms with Crippen LogP contribution in [0.4, 0.5) is 4.39 Å². The highest BCUT2D eigenvalue weighted by Gasteiger charge is 2.36. The Kier molecular flexibility index (Phi) is 4.22. The van der Waals surface area contributed by atoms with Crippen molar-refractivity contribution in [2.75, 3.05) is 19.6 Å². The van der Waals surface area contributed by atoms with E-state index in [0.29, 0.717) is 18.7 Å². The number of benzene rings is 1. The minimum Gasteiger partial charge on any atom is -0.313 e. The van der Waals surface area contributed by atoms with Crippen LogP contribution in [0.3, 0.4) is 0 Å². The van der Waals surface area contributed by atoms with Gasteiger partial charge in [0.05, 0.1) is 12.2 Å². The molecule has 0 amide bonds. The van der Waals surface area contributed by atoms with Crippen molar-refractivity contribution < 1.29 is 12.8 Å². The normalized spacial score (nSPS) is 19.9. The lowest BCUT2D eigenvalue weighted by molar-refractivity contribution is 0.270. The lowest BCUT2D eigenvalue weighted by Gasteiger charge is -2.34. The maximum Gasteiger partial charge on any atom is 0.246 e. The van der Waals surface area contributed by atoms with Gasteiger partial charge in [-0.1, -0.05) is 6.07 Å². The predicted octanol–water partition coefficient (Wildman–Crippen LogP) is 1.20. The first-order valence-electron chi connectivity index (χ1n) is 7.37. The second-order valence-electron chi connectivity index (χ2n) is 5.72. The first-order valence-corrected chi connectivity index (χ1v) is 8.81. The molecule has 0 spiro atoms. The van der Waals surface area contributed by atoms with Crippen LogP contribution >= 0.6 is 0 Å². The molecule has 2 heterocycles. The standard InChI is InChI=1S/C15H19FN4O2S/c1-11-3-4-13(16)15(7-11)23(21,22)20-6-5-17-9-14(20)12-8-18-19(2)10-12/h3-4,7-8,10,14,17H,5-6,9H2,1-2H3. The third kappa shape index (κ3) is 3.01. The fourth-order valence-electron chi connectivity index (χ4n) is 2.80. The van der Waals surface area contributed by atoms with E-state index in [-0.39, 0.29) is 11.4 Å². The van der Waals surface area contributed by atoms with Crippen LogP contribution in [0.1, 0.15) is 17.2 Å². The maximum atomic E-state index is 14.1. The van der Waals surface area contributed by atoms with Crippen molar-refractivity contribution in [3.63, 3.8) is 0 Å². The molecule has 1 atom stereocenters. The molecule has 124 valence electrons. The molecule has 1 aromatic heterocycles. The second kappa shape index (κ2) is 6.03. The third-order valence-corrected chi connectivity index (χ3v) is 5.90. The molecule has 1 fully saturated rings. The first kappa shape index (κ1) is 16.1. The number of halogens is 1. The third-order valence-electron chi connectivity index (χ3n) is 3.98. The molecule has 6 nitrogen and oxygen atoms in total. The highest BCUT2D eigenvalue weighted by atomic mass is 32.2. The molecule has 1 N–H and O–H groups in total. The van der Waals surface area contributed by atoms with Crippen LogP contribution in [0.5, 0.6) is 0 Å². The molecule has 23 heavy (non-hydrogen) atoms. The van der Waals surface area contributed by atoms with Gasteiger partial charge < -0.3 is 5.32 Å². The van der Waals surface area contributed by atoms with Crippen molar-refractivity contribution in [3.05, 3.63) is 47.5 Å². The fraction of sp³-hybridized carbons (Fsp3) is 0.400. The predicted molar refractivity (Wildman–Crippen MR) is 83.8 cm³/mol. The number of hydrogen-bond donors (Lipinski definition) is 1. The maximum absolute atomic E-state index is 14.1. The fourth-order valence-corrected chi connectivity index (χ4v) is 4.57. The summed E-state index contributed by atoms with van der Waals surface area (Å²) in [5, 5.41) is 7.29. The summed E-state index contributed by atoms with van der Waals surface area (Å²) in [6, 6.07) is 3.74. The lowest BCUT2D eigenvalue weighted by Crippen LogP contribution is -2.48. The van der Waals surface area contributed by atoms with Gasteiger partial charge in [-0.3, -0.25) is 4.68 Å². The van der Waals surface area contributed by atoms with Crippen molar-refractivity contribution in [3.8, 4) is 0 Å². The molecular formula is C15H19FN4O2S. The smallest absolute Gasteiger partial charge is 0.246 e. The van der Waals surface area contributed by atoms with Gasteiger partial charge in [-0.05, 0) is 24.6 Å². The zero-order valence-electron chi connectivity index (χ0n) is 13.0. The highest BCUT2D eigenvalue weighted by molar-refractivity contribution is 7.89. The molecule has 1 aliphatic heterocycles. The summed E-state index contributed by atoms with van der Waals surface area (Å²) in [4.78, 5) is -0.270. The zero-order valence-corrected chi connectivity index (χ0v) is 13.8. The van der Waals surface area contributed by atoms with E-state index in [0.717, 1.165) is 5.56 Å². The quantitative estimate of drug-likeness (QED) is 0.913. The molecule has 3 rings (SSSR count). The number of aromatic nitrogens is 2. The van der Waals surface area contributed by atoms with Crippen molar-refractivity contribution in [1.82, 2.24) is 19.4 Å². The number of sulfonamides is 1. The molecule has 0 bridgehead atoms. The Hall–Kier alpha value is -1.77. The van der Waals surface area contributed by atoms with Gasteiger partial charge in [-0.25, -0.2) is 12.8 Å². The van der Waals surface area contributed by atoms with Gasteiger partial charge in [0.25, 0.3) is 0 Å². The number of hydrogen-bond acceptors (Lipinski definition) is 4. The van der Waals surface area contributed by atoms with Crippen LogP contribution in [-0.4, -0.2) is 42.1 Å². The summed E-state index contributed by atoms with van der Waals surface area (Å²) in [5.74, 6) is -0.723. The van der Waals surface area contributed by atoms with Crippen LogP contribution in [0.15, 0.2) is 35.5 Å². The van der Waals surface area contributed by atoms with Crippen molar-refractivity contribution in [1.29, 1.82) is 0 Å². The summed E-state index contributed by atoms with van der Waals surface area (Å²) in [5.41, 5.74) is 1.49. The summed E-state index contributed by atoms with van der Waals surface area (Å²) < 4.78 is 43.1. The van der Waals surface area contributed by atoms with E-state index in [4.69, 9.17) is 0 Å². The number of rotatable bonds is 3. The summed E-state index contributed by atoms with van der Waals surface area (Å²) in [6.45, 7) is 3.03. The molecule has 2 aromatic rings. The van der Waals surface area contributed by atoms with Gasteiger partial charge in [0, 0.05) is 38.4 Å².